The molecule has 1 aliphatic heterocycles. The van der Waals surface area contributed by atoms with Crippen molar-refractivity contribution in [2.45, 2.75) is 30.9 Å². The summed E-state index contributed by atoms with van der Waals surface area (Å²) in [6.45, 7) is 0. The predicted octanol–water partition coefficient (Wildman–Crippen LogP) is 5.54. The number of ketones is 1. The Bertz CT molecular complexity index is 1500. The Labute approximate surface area is 212 Å². The van der Waals surface area contributed by atoms with Gasteiger partial charge in [0.1, 0.15) is 22.7 Å². The molecule has 1 fully saturated rings. The van der Waals surface area contributed by atoms with E-state index in [-0.39, 0.29) is 22.8 Å². The average Bonchev–Trinajstić information content (AvgIpc) is 3.51. The third-order valence-electron chi connectivity index (χ3n) is 6.96. The Hall–Kier alpha value is -3.88. The maximum Gasteiger partial charge on any atom is 0.250 e. The van der Waals surface area contributed by atoms with Crippen LogP contribution in [0.15, 0.2) is 60.9 Å². The first-order chi connectivity index (χ1) is 17.5. The van der Waals surface area contributed by atoms with E-state index in [0.717, 1.165) is 6.42 Å². The van der Waals surface area contributed by atoms with Crippen molar-refractivity contribution < 1.29 is 19.1 Å². The third kappa shape index (κ3) is 3.70. The maximum absolute atomic E-state index is 13.7. The molecule has 36 heavy (non-hydrogen) atoms. The van der Waals surface area contributed by atoms with E-state index in [9.17, 15) is 9.59 Å². The largest absolute Gasteiger partial charge is 0.457 e. The number of H-pyrrole nitrogens is 1. The highest BCUT2D eigenvalue weighted by Crippen LogP contribution is 2.44. The molecular formula is C27H23ClN4O4. The number of amides is 1. The van der Waals surface area contributed by atoms with Crippen LogP contribution >= 0.6 is 11.6 Å². The van der Waals surface area contributed by atoms with Crippen LogP contribution in [-0.4, -0.2) is 40.4 Å². The van der Waals surface area contributed by atoms with E-state index >= 15 is 0 Å². The fourth-order valence-corrected chi connectivity index (χ4v) is 5.33. The van der Waals surface area contributed by atoms with Gasteiger partial charge < -0.3 is 25.1 Å². The lowest BCUT2D eigenvalue weighted by molar-refractivity contribution is -0.120. The molecule has 1 spiro atoms. The predicted molar refractivity (Wildman–Crippen MR) is 137 cm³/mol. The van der Waals surface area contributed by atoms with Crippen molar-refractivity contribution in [3.05, 3.63) is 77.1 Å². The Morgan fingerprint density at radius 2 is 1.97 bits per heavy atom. The summed E-state index contributed by atoms with van der Waals surface area (Å²) in [6, 6.07) is 14.3. The van der Waals surface area contributed by atoms with Crippen LogP contribution in [-0.2, 0) is 9.53 Å². The Balaban J connectivity index is 1.36. The maximum atomic E-state index is 13.7. The van der Waals surface area contributed by atoms with Crippen LogP contribution in [0.1, 0.15) is 35.2 Å². The quantitative estimate of drug-likeness (QED) is 0.309. The summed E-state index contributed by atoms with van der Waals surface area (Å²) in [7, 11) is 1.66. The number of hydrogen-bond donors (Lipinski definition) is 3. The van der Waals surface area contributed by atoms with E-state index in [4.69, 9.17) is 21.1 Å². The number of halogens is 1. The molecule has 3 heterocycles. The molecule has 6 rings (SSSR count). The molecule has 9 heteroatoms. The second kappa shape index (κ2) is 8.65. The number of fused-ring (bicyclic) bond motifs is 3. The number of carbonyl (C=O) groups excluding carboxylic acids is 2. The highest BCUT2D eigenvalue weighted by atomic mass is 35.5. The number of hydrogen-bond acceptors (Lipinski definition) is 6. The number of anilines is 2. The lowest BCUT2D eigenvalue weighted by atomic mass is 9.92. The smallest absolute Gasteiger partial charge is 0.250 e. The van der Waals surface area contributed by atoms with Gasteiger partial charge in [0, 0.05) is 31.4 Å². The molecule has 2 aromatic carbocycles. The van der Waals surface area contributed by atoms with Gasteiger partial charge in [-0.25, -0.2) is 4.98 Å². The summed E-state index contributed by atoms with van der Waals surface area (Å²) in [4.78, 5) is 34.2. The number of rotatable bonds is 5. The van der Waals surface area contributed by atoms with E-state index in [2.05, 4.69) is 20.6 Å². The minimum absolute atomic E-state index is 0.00937. The van der Waals surface area contributed by atoms with Crippen molar-refractivity contribution in [3.63, 3.8) is 0 Å². The molecule has 0 radical (unpaired) electrons. The van der Waals surface area contributed by atoms with E-state index in [0.29, 0.717) is 57.9 Å². The number of benzene rings is 2. The summed E-state index contributed by atoms with van der Waals surface area (Å²) < 4.78 is 11.3. The number of ether oxygens (including phenoxy) is 2. The van der Waals surface area contributed by atoms with Crippen LogP contribution in [0.2, 0.25) is 5.02 Å². The fraction of sp³-hybridized carbons (Fsp3) is 0.222. The monoisotopic (exact) mass is 502 g/mol. The lowest BCUT2D eigenvalue weighted by Gasteiger charge is -2.36. The number of nitrogens with zero attached hydrogens (tertiary/aromatic N) is 1. The molecule has 1 aliphatic carbocycles. The summed E-state index contributed by atoms with van der Waals surface area (Å²) in [5.41, 5.74) is 1.69. The molecule has 2 atom stereocenters. The Kier molecular flexibility index (Phi) is 5.43. The van der Waals surface area contributed by atoms with Crippen molar-refractivity contribution in [3.8, 4) is 11.5 Å². The van der Waals surface area contributed by atoms with Crippen molar-refractivity contribution >= 4 is 45.7 Å². The fourth-order valence-electron chi connectivity index (χ4n) is 5.07. The zero-order valence-corrected chi connectivity index (χ0v) is 20.2. The van der Waals surface area contributed by atoms with Gasteiger partial charge in [-0.3, -0.25) is 9.59 Å². The SMILES string of the molecule is CO[C@@H]1CC[C@@]2(C1)Nc1c(cnc3[nH]cc(C(=O)c4ccc(Oc5ccccc5)cc4Cl)c13)NC2=O. The van der Waals surface area contributed by atoms with Gasteiger partial charge in [0.25, 0.3) is 0 Å². The van der Waals surface area contributed by atoms with Gasteiger partial charge in [-0.2, -0.15) is 0 Å². The van der Waals surface area contributed by atoms with E-state index in [1.165, 1.54) is 0 Å². The van der Waals surface area contributed by atoms with Crippen LogP contribution in [0.3, 0.4) is 0 Å². The number of carbonyl (C=O) groups is 2. The molecule has 4 aromatic rings. The molecule has 8 nitrogen and oxygen atoms in total. The van der Waals surface area contributed by atoms with Gasteiger partial charge in [0.2, 0.25) is 5.91 Å². The van der Waals surface area contributed by atoms with Gasteiger partial charge >= 0.3 is 0 Å². The molecule has 1 saturated carbocycles. The Morgan fingerprint density at radius 3 is 2.72 bits per heavy atom. The van der Waals surface area contributed by atoms with E-state index < -0.39 is 5.54 Å². The van der Waals surface area contributed by atoms with Crippen LogP contribution in [0.5, 0.6) is 11.5 Å². The van der Waals surface area contributed by atoms with E-state index in [1.54, 1.807) is 37.7 Å². The third-order valence-corrected chi connectivity index (χ3v) is 7.27. The standard InChI is InChI=1S/C27H23ClN4O4/c1-35-17-9-10-27(12-17)26(34)31-21-14-30-25-22(23(21)32-27)19(13-29-25)24(33)18-8-7-16(11-20(18)28)36-15-5-3-2-4-6-15/h2-8,11,13-14,17,32H,9-10,12H2,1H3,(H,29,30)(H,31,34)/t17-,27+/m1/s1. The number of methoxy groups -OCH3 is 1. The average molecular weight is 503 g/mol. The lowest BCUT2D eigenvalue weighted by Crippen LogP contribution is -2.51. The van der Waals surface area contributed by atoms with Crippen LogP contribution in [0.4, 0.5) is 11.4 Å². The van der Waals surface area contributed by atoms with Gasteiger partial charge in [-0.1, -0.05) is 29.8 Å². The second-order valence-electron chi connectivity index (χ2n) is 9.12. The number of nitrogens with one attached hydrogen (secondary N) is 3. The van der Waals surface area contributed by atoms with Gasteiger partial charge in [-0.15, -0.1) is 0 Å². The highest BCUT2D eigenvalue weighted by Gasteiger charge is 2.48. The molecule has 3 N–H and O–H groups in total. The summed E-state index contributed by atoms with van der Waals surface area (Å²) in [6.07, 6.45) is 5.15. The van der Waals surface area contributed by atoms with E-state index in [1.807, 2.05) is 30.3 Å². The first-order valence-electron chi connectivity index (χ1n) is 11.7. The number of aromatic nitrogens is 2. The van der Waals surface area contributed by atoms with Gasteiger partial charge in [0.05, 0.1) is 39.6 Å². The minimum Gasteiger partial charge on any atom is -0.457 e. The summed E-state index contributed by atoms with van der Waals surface area (Å²) in [5, 5.41) is 7.32. The topological polar surface area (TPSA) is 105 Å². The number of aromatic amines is 1. The number of pyridine rings is 1. The highest BCUT2D eigenvalue weighted by molar-refractivity contribution is 6.36. The molecule has 2 aromatic heterocycles. The molecule has 1 amide bonds. The zero-order chi connectivity index (χ0) is 24.9. The van der Waals surface area contributed by atoms with Crippen molar-refractivity contribution in [2.75, 3.05) is 17.7 Å². The molecule has 182 valence electrons. The first kappa shape index (κ1) is 22.6. The normalized spacial score (nSPS) is 20.7. The summed E-state index contributed by atoms with van der Waals surface area (Å²) in [5.74, 6) is 0.824. The first-order valence-corrected chi connectivity index (χ1v) is 12.0. The Morgan fingerprint density at radius 1 is 1.14 bits per heavy atom. The molecule has 2 aliphatic rings. The summed E-state index contributed by atoms with van der Waals surface area (Å²) >= 11 is 6.54. The van der Waals surface area contributed by atoms with Crippen molar-refractivity contribution in [2.24, 2.45) is 0 Å². The second-order valence-corrected chi connectivity index (χ2v) is 9.53. The molecule has 0 saturated heterocycles. The van der Waals surface area contributed by atoms with Crippen LogP contribution in [0, 0.1) is 0 Å². The van der Waals surface area contributed by atoms with Gasteiger partial charge in [-0.05, 0) is 37.1 Å². The molecular weight excluding hydrogens is 480 g/mol. The van der Waals surface area contributed by atoms with Crippen LogP contribution in [0.25, 0.3) is 11.0 Å². The van der Waals surface area contributed by atoms with Gasteiger partial charge in [0.15, 0.2) is 5.78 Å². The zero-order valence-electron chi connectivity index (χ0n) is 19.4. The minimum atomic E-state index is -0.798. The van der Waals surface area contributed by atoms with Crippen molar-refractivity contribution in [1.29, 1.82) is 0 Å². The molecule has 0 unspecified atom stereocenters. The molecule has 0 bridgehead atoms. The van der Waals surface area contributed by atoms with Crippen LogP contribution < -0.4 is 15.4 Å². The van der Waals surface area contributed by atoms with Crippen molar-refractivity contribution in [1.82, 2.24) is 9.97 Å². The number of para-hydroxylation sites is 1.